The SMILES string of the molecule is Cc1cc2c(cc1C(N=N)c1ccc(B(O)O)cc1)C(C)(C)CCC2(C)C. The second kappa shape index (κ2) is 6.88. The number of hydrogen-bond donors (Lipinski definition) is 3. The number of nitrogens with one attached hydrogen (secondary N) is 1. The first-order valence-electron chi connectivity index (χ1n) is 9.55. The fourth-order valence-electron chi connectivity index (χ4n) is 4.21. The van der Waals surface area contributed by atoms with Gasteiger partial charge in [-0.3, -0.25) is 0 Å². The predicted molar refractivity (Wildman–Crippen MR) is 110 cm³/mol. The zero-order valence-electron chi connectivity index (χ0n) is 16.9. The molecule has 0 heterocycles. The van der Waals surface area contributed by atoms with Gasteiger partial charge in [0.25, 0.3) is 0 Å². The highest BCUT2D eigenvalue weighted by atomic mass is 16.4. The standard InChI is InChI=1S/C22H29BN2O2/c1-14-12-18-19(22(4,5)11-10-21(18,2)3)13-17(14)20(25-24)15-6-8-16(9-7-15)23(26)27/h6-9,12-13,20,24,26-27H,10-11H2,1-5H3. The van der Waals surface area contributed by atoms with Gasteiger partial charge in [-0.25, -0.2) is 5.53 Å². The van der Waals surface area contributed by atoms with Gasteiger partial charge in [0, 0.05) is 0 Å². The Morgan fingerprint density at radius 3 is 1.96 bits per heavy atom. The number of nitrogens with zero attached hydrogens (tertiary/aromatic N) is 1. The van der Waals surface area contributed by atoms with E-state index in [2.05, 4.69) is 51.9 Å². The van der Waals surface area contributed by atoms with Gasteiger partial charge in [0.05, 0.1) is 0 Å². The van der Waals surface area contributed by atoms with E-state index in [1.165, 1.54) is 17.5 Å². The van der Waals surface area contributed by atoms with E-state index in [1.807, 2.05) is 12.1 Å². The zero-order valence-corrected chi connectivity index (χ0v) is 16.9. The predicted octanol–water partition coefficient (Wildman–Crippen LogP) is 4.14. The van der Waals surface area contributed by atoms with Gasteiger partial charge >= 0.3 is 7.12 Å². The van der Waals surface area contributed by atoms with Gasteiger partial charge < -0.3 is 10.0 Å². The summed E-state index contributed by atoms with van der Waals surface area (Å²) in [7, 11) is -1.49. The van der Waals surface area contributed by atoms with Crippen molar-refractivity contribution in [3.8, 4) is 0 Å². The molecule has 0 aromatic heterocycles. The lowest BCUT2D eigenvalue weighted by Gasteiger charge is -2.42. The third-order valence-corrected chi connectivity index (χ3v) is 6.21. The largest absolute Gasteiger partial charge is 0.488 e. The Hall–Kier alpha value is -1.98. The summed E-state index contributed by atoms with van der Waals surface area (Å²) in [5.74, 6) is 0. The van der Waals surface area contributed by atoms with Crippen LogP contribution in [0.15, 0.2) is 41.5 Å². The molecule has 5 heteroatoms. The summed E-state index contributed by atoms with van der Waals surface area (Å²) in [4.78, 5) is 0. The Bertz CT molecular complexity index is 857. The molecule has 1 atom stereocenters. The first-order chi connectivity index (χ1) is 12.6. The van der Waals surface area contributed by atoms with E-state index in [-0.39, 0.29) is 16.9 Å². The number of benzene rings is 2. The van der Waals surface area contributed by atoms with Crippen molar-refractivity contribution in [1.82, 2.24) is 0 Å². The molecule has 2 aromatic carbocycles. The summed E-state index contributed by atoms with van der Waals surface area (Å²) in [5, 5.41) is 22.5. The lowest BCUT2D eigenvalue weighted by molar-refractivity contribution is 0.331. The van der Waals surface area contributed by atoms with Crippen molar-refractivity contribution in [2.24, 2.45) is 5.11 Å². The van der Waals surface area contributed by atoms with Crippen LogP contribution in [0, 0.1) is 12.5 Å². The highest BCUT2D eigenvalue weighted by molar-refractivity contribution is 6.58. The zero-order chi connectivity index (χ0) is 20.0. The molecule has 27 heavy (non-hydrogen) atoms. The Balaban J connectivity index is 2.11. The maximum Gasteiger partial charge on any atom is 0.488 e. The molecule has 2 aromatic rings. The number of fused-ring (bicyclic) bond motifs is 1. The molecular formula is C22H29BN2O2. The van der Waals surface area contributed by atoms with Gasteiger partial charge in [-0.2, -0.15) is 5.11 Å². The molecule has 1 unspecified atom stereocenters. The lowest BCUT2D eigenvalue weighted by Crippen LogP contribution is -2.34. The fourth-order valence-corrected chi connectivity index (χ4v) is 4.21. The second-order valence-corrected chi connectivity index (χ2v) is 9.09. The Morgan fingerprint density at radius 2 is 1.48 bits per heavy atom. The highest BCUT2D eigenvalue weighted by Crippen LogP contribution is 2.47. The van der Waals surface area contributed by atoms with Gasteiger partial charge in [0.2, 0.25) is 0 Å². The molecule has 1 aliphatic carbocycles. The van der Waals surface area contributed by atoms with Crippen molar-refractivity contribution < 1.29 is 10.0 Å². The van der Waals surface area contributed by atoms with E-state index in [1.54, 1.807) is 12.1 Å². The van der Waals surface area contributed by atoms with Crippen LogP contribution in [0.5, 0.6) is 0 Å². The van der Waals surface area contributed by atoms with Gasteiger partial charge in [-0.1, -0.05) is 64.1 Å². The van der Waals surface area contributed by atoms with Crippen molar-refractivity contribution in [1.29, 1.82) is 5.53 Å². The van der Waals surface area contributed by atoms with E-state index < -0.39 is 7.12 Å². The maximum absolute atomic E-state index is 9.31. The van der Waals surface area contributed by atoms with Crippen molar-refractivity contribution in [3.05, 3.63) is 64.2 Å². The van der Waals surface area contributed by atoms with Crippen LogP contribution in [0.1, 0.15) is 74.4 Å². The molecule has 4 nitrogen and oxygen atoms in total. The molecule has 0 amide bonds. The molecule has 142 valence electrons. The second-order valence-electron chi connectivity index (χ2n) is 9.09. The number of hydrogen-bond acceptors (Lipinski definition) is 4. The topological polar surface area (TPSA) is 76.7 Å². The highest BCUT2D eigenvalue weighted by Gasteiger charge is 2.38. The third kappa shape index (κ3) is 3.58. The quantitative estimate of drug-likeness (QED) is 0.563. The minimum Gasteiger partial charge on any atom is -0.423 e. The minimum absolute atomic E-state index is 0.102. The molecule has 0 saturated heterocycles. The van der Waals surface area contributed by atoms with Crippen molar-refractivity contribution in [2.45, 2.75) is 64.3 Å². The summed E-state index contributed by atoms with van der Waals surface area (Å²) < 4.78 is 0. The maximum atomic E-state index is 9.31. The summed E-state index contributed by atoms with van der Waals surface area (Å²) >= 11 is 0. The summed E-state index contributed by atoms with van der Waals surface area (Å²) in [6, 6.07) is 11.2. The van der Waals surface area contributed by atoms with E-state index in [9.17, 15) is 10.0 Å². The van der Waals surface area contributed by atoms with Crippen molar-refractivity contribution in [2.75, 3.05) is 0 Å². The molecule has 1 aliphatic rings. The van der Waals surface area contributed by atoms with Crippen LogP contribution < -0.4 is 5.46 Å². The molecule has 0 saturated carbocycles. The normalized spacial score (nSPS) is 18.5. The van der Waals surface area contributed by atoms with Crippen LogP contribution in [0.4, 0.5) is 0 Å². The molecule has 0 fully saturated rings. The van der Waals surface area contributed by atoms with Gasteiger partial charge in [0.1, 0.15) is 6.04 Å². The first-order valence-corrected chi connectivity index (χ1v) is 9.55. The Labute approximate surface area is 162 Å². The smallest absolute Gasteiger partial charge is 0.423 e. The Morgan fingerprint density at radius 1 is 0.963 bits per heavy atom. The molecule has 0 bridgehead atoms. The van der Waals surface area contributed by atoms with Crippen LogP contribution in [0.3, 0.4) is 0 Å². The van der Waals surface area contributed by atoms with Crippen molar-refractivity contribution >= 4 is 12.6 Å². The van der Waals surface area contributed by atoms with E-state index in [4.69, 9.17) is 5.53 Å². The molecule has 0 spiro atoms. The van der Waals surface area contributed by atoms with Gasteiger partial charge in [-0.15, -0.1) is 0 Å². The average molecular weight is 364 g/mol. The van der Waals surface area contributed by atoms with Crippen LogP contribution in [0.25, 0.3) is 0 Å². The van der Waals surface area contributed by atoms with Gasteiger partial charge in [-0.05, 0) is 63.9 Å². The summed E-state index contributed by atoms with van der Waals surface area (Å²) in [6.45, 7) is 11.3. The number of aryl methyl sites for hydroxylation is 1. The average Bonchev–Trinajstić information content (AvgIpc) is 2.61. The third-order valence-electron chi connectivity index (χ3n) is 6.21. The summed E-state index contributed by atoms with van der Waals surface area (Å²) in [5.41, 5.74) is 14.3. The Kier molecular flexibility index (Phi) is 5.04. The van der Waals surface area contributed by atoms with Crippen LogP contribution in [-0.2, 0) is 10.8 Å². The van der Waals surface area contributed by atoms with Gasteiger partial charge in [0.15, 0.2) is 0 Å². The van der Waals surface area contributed by atoms with E-state index in [0.29, 0.717) is 5.46 Å². The monoisotopic (exact) mass is 364 g/mol. The lowest BCUT2D eigenvalue weighted by atomic mass is 9.62. The van der Waals surface area contributed by atoms with E-state index >= 15 is 0 Å². The van der Waals surface area contributed by atoms with Crippen LogP contribution in [-0.4, -0.2) is 17.2 Å². The van der Waals surface area contributed by atoms with E-state index in [0.717, 1.165) is 23.1 Å². The molecule has 3 rings (SSSR count). The van der Waals surface area contributed by atoms with Crippen LogP contribution >= 0.6 is 0 Å². The summed E-state index contributed by atoms with van der Waals surface area (Å²) in [6.07, 6.45) is 2.31. The van der Waals surface area contributed by atoms with Crippen LogP contribution in [0.2, 0.25) is 0 Å². The number of rotatable bonds is 4. The first kappa shape index (κ1) is 19.8. The molecule has 0 aliphatic heterocycles. The molecular weight excluding hydrogens is 335 g/mol. The molecule has 0 radical (unpaired) electrons. The fraction of sp³-hybridized carbons (Fsp3) is 0.455. The van der Waals surface area contributed by atoms with Crippen molar-refractivity contribution in [3.63, 3.8) is 0 Å². The molecule has 3 N–H and O–H groups in total. The minimum atomic E-state index is -1.49.